The van der Waals surface area contributed by atoms with Gasteiger partial charge in [-0.3, -0.25) is 9.10 Å². The molecule has 0 saturated heterocycles. The van der Waals surface area contributed by atoms with E-state index < -0.39 is 28.3 Å². The number of hydrogen-bond acceptors (Lipinski definition) is 4. The molecule has 0 radical (unpaired) electrons. The highest BCUT2D eigenvalue weighted by Gasteiger charge is 2.27. The minimum atomic E-state index is -4.17. The molecule has 0 heterocycles. The van der Waals surface area contributed by atoms with Crippen LogP contribution in [0.1, 0.15) is 12.5 Å². The first-order valence-electron chi connectivity index (χ1n) is 9.92. The van der Waals surface area contributed by atoms with Crippen LogP contribution in [0.2, 0.25) is 10.0 Å². The Kier molecular flexibility index (Phi) is 8.18. The molecule has 0 aliphatic carbocycles. The fourth-order valence-electron chi connectivity index (χ4n) is 2.97. The van der Waals surface area contributed by atoms with Gasteiger partial charge in [-0.2, -0.15) is 0 Å². The first kappa shape index (κ1) is 24.8. The molecule has 1 amide bonds. The normalized spacial score (nSPS) is 11.2. The van der Waals surface area contributed by atoms with Crippen LogP contribution in [0.5, 0.6) is 5.75 Å². The Hall–Kier alpha value is -2.81. The third-order valence-electron chi connectivity index (χ3n) is 4.62. The summed E-state index contributed by atoms with van der Waals surface area (Å²) in [5.74, 6) is -0.568. The second kappa shape index (κ2) is 10.9. The van der Waals surface area contributed by atoms with E-state index in [9.17, 15) is 17.6 Å². The SMILES string of the molecule is CCOc1ccc(N(CC(=O)NCc2ccc(Cl)cc2Cl)S(=O)(=O)c2ccc(F)cc2)cc1. The number of nitrogens with zero attached hydrogens (tertiary/aromatic N) is 1. The summed E-state index contributed by atoms with van der Waals surface area (Å²) in [6.07, 6.45) is 0. The molecule has 174 valence electrons. The summed E-state index contributed by atoms with van der Waals surface area (Å²) in [6, 6.07) is 15.5. The predicted molar refractivity (Wildman–Crippen MR) is 127 cm³/mol. The summed E-state index contributed by atoms with van der Waals surface area (Å²) in [4.78, 5) is 12.6. The van der Waals surface area contributed by atoms with Crippen LogP contribution in [0.15, 0.2) is 71.6 Å². The molecule has 0 fully saturated rings. The van der Waals surface area contributed by atoms with Crippen LogP contribution in [0.25, 0.3) is 0 Å². The van der Waals surface area contributed by atoms with Gasteiger partial charge in [0.05, 0.1) is 17.2 Å². The predicted octanol–water partition coefficient (Wildman–Crippen LogP) is 5.04. The molecule has 0 bridgehead atoms. The van der Waals surface area contributed by atoms with Crippen molar-refractivity contribution in [1.82, 2.24) is 5.32 Å². The number of benzene rings is 3. The molecule has 10 heteroatoms. The van der Waals surface area contributed by atoms with Crippen LogP contribution in [0.3, 0.4) is 0 Å². The summed E-state index contributed by atoms with van der Waals surface area (Å²) < 4.78 is 46.3. The maximum atomic E-state index is 13.3. The molecule has 1 N–H and O–H groups in total. The fourth-order valence-corrected chi connectivity index (χ4v) is 4.87. The number of anilines is 1. The molecule has 6 nitrogen and oxygen atoms in total. The van der Waals surface area contributed by atoms with Gasteiger partial charge in [0.2, 0.25) is 5.91 Å². The van der Waals surface area contributed by atoms with Crippen LogP contribution in [0.4, 0.5) is 10.1 Å². The molecule has 0 unspecified atom stereocenters. The first-order valence-corrected chi connectivity index (χ1v) is 12.1. The number of ether oxygens (including phenoxy) is 1. The Bertz CT molecular complexity index is 1220. The van der Waals surface area contributed by atoms with E-state index in [1.807, 2.05) is 6.92 Å². The zero-order chi connectivity index (χ0) is 24.0. The average Bonchev–Trinajstić information content (AvgIpc) is 2.78. The number of carbonyl (C=O) groups excluding carboxylic acids is 1. The molecule has 3 rings (SSSR count). The summed E-state index contributed by atoms with van der Waals surface area (Å²) in [5.41, 5.74) is 0.880. The zero-order valence-corrected chi connectivity index (χ0v) is 19.9. The van der Waals surface area contributed by atoms with Crippen molar-refractivity contribution in [3.8, 4) is 5.75 Å². The summed E-state index contributed by atoms with van der Waals surface area (Å²) in [6.45, 7) is 1.87. The van der Waals surface area contributed by atoms with Crippen molar-refractivity contribution in [2.75, 3.05) is 17.5 Å². The number of carbonyl (C=O) groups is 1. The number of halogens is 3. The molecule has 0 saturated carbocycles. The second-order valence-corrected chi connectivity index (χ2v) is 9.61. The lowest BCUT2D eigenvalue weighted by molar-refractivity contribution is -0.119. The van der Waals surface area contributed by atoms with Gasteiger partial charge < -0.3 is 10.1 Å². The number of nitrogens with one attached hydrogen (secondary N) is 1. The Morgan fingerprint density at radius 2 is 1.70 bits per heavy atom. The topological polar surface area (TPSA) is 75.7 Å². The number of rotatable bonds is 9. The van der Waals surface area contributed by atoms with Crippen LogP contribution < -0.4 is 14.4 Å². The van der Waals surface area contributed by atoms with Gasteiger partial charge in [-0.15, -0.1) is 0 Å². The van der Waals surface area contributed by atoms with E-state index in [0.717, 1.165) is 28.6 Å². The van der Waals surface area contributed by atoms with Gasteiger partial charge >= 0.3 is 0 Å². The molecule has 0 aliphatic rings. The Morgan fingerprint density at radius 3 is 2.30 bits per heavy atom. The van der Waals surface area contributed by atoms with Gasteiger partial charge in [0.25, 0.3) is 10.0 Å². The van der Waals surface area contributed by atoms with Gasteiger partial charge in [0.15, 0.2) is 0 Å². The molecule has 0 aliphatic heterocycles. The Balaban J connectivity index is 1.86. The summed E-state index contributed by atoms with van der Waals surface area (Å²) in [5, 5.41) is 3.51. The van der Waals surface area contributed by atoms with Gasteiger partial charge in [0, 0.05) is 16.6 Å². The van der Waals surface area contributed by atoms with Gasteiger partial charge in [-0.25, -0.2) is 12.8 Å². The van der Waals surface area contributed by atoms with Gasteiger partial charge in [-0.1, -0.05) is 29.3 Å². The second-order valence-electron chi connectivity index (χ2n) is 6.90. The van der Waals surface area contributed by atoms with E-state index >= 15 is 0 Å². The monoisotopic (exact) mass is 510 g/mol. The first-order chi connectivity index (χ1) is 15.7. The van der Waals surface area contributed by atoms with E-state index in [1.165, 1.54) is 12.1 Å². The van der Waals surface area contributed by atoms with Crippen molar-refractivity contribution >= 4 is 44.8 Å². The maximum Gasteiger partial charge on any atom is 0.264 e. The summed E-state index contributed by atoms with van der Waals surface area (Å²) in [7, 11) is -4.17. The Labute approximate surface area is 201 Å². The molecule has 3 aromatic rings. The highest BCUT2D eigenvalue weighted by atomic mass is 35.5. The number of amides is 1. The Morgan fingerprint density at radius 1 is 1.03 bits per heavy atom. The van der Waals surface area contributed by atoms with E-state index in [-0.39, 0.29) is 17.1 Å². The van der Waals surface area contributed by atoms with E-state index in [0.29, 0.717) is 28.0 Å². The molecular formula is C23H21Cl2FN2O4S. The lowest BCUT2D eigenvalue weighted by Crippen LogP contribution is -2.40. The minimum Gasteiger partial charge on any atom is -0.494 e. The van der Waals surface area contributed by atoms with Gasteiger partial charge in [0.1, 0.15) is 18.1 Å². The van der Waals surface area contributed by atoms with Gasteiger partial charge in [-0.05, 0) is 73.2 Å². The molecule has 33 heavy (non-hydrogen) atoms. The molecule has 0 aromatic heterocycles. The van der Waals surface area contributed by atoms with Crippen molar-refractivity contribution < 1.29 is 22.3 Å². The third kappa shape index (κ3) is 6.37. The molecular weight excluding hydrogens is 490 g/mol. The van der Waals surface area contributed by atoms with Crippen LogP contribution in [-0.4, -0.2) is 27.5 Å². The number of sulfonamides is 1. The van der Waals surface area contributed by atoms with E-state index in [2.05, 4.69) is 5.32 Å². The van der Waals surface area contributed by atoms with Crippen molar-refractivity contribution in [3.63, 3.8) is 0 Å². The van der Waals surface area contributed by atoms with Crippen LogP contribution in [-0.2, 0) is 21.4 Å². The summed E-state index contributed by atoms with van der Waals surface area (Å²) >= 11 is 12.0. The maximum absolute atomic E-state index is 13.3. The fraction of sp³-hybridized carbons (Fsp3) is 0.174. The quantitative estimate of drug-likeness (QED) is 0.437. The van der Waals surface area contributed by atoms with E-state index in [4.69, 9.17) is 27.9 Å². The lowest BCUT2D eigenvalue weighted by atomic mass is 10.2. The van der Waals surface area contributed by atoms with Crippen LogP contribution >= 0.6 is 23.2 Å². The largest absolute Gasteiger partial charge is 0.494 e. The van der Waals surface area contributed by atoms with Crippen LogP contribution in [0, 0.1) is 5.82 Å². The average molecular weight is 511 g/mol. The molecule has 0 atom stereocenters. The molecule has 0 spiro atoms. The van der Waals surface area contributed by atoms with E-state index in [1.54, 1.807) is 30.3 Å². The highest BCUT2D eigenvalue weighted by molar-refractivity contribution is 7.92. The highest BCUT2D eigenvalue weighted by Crippen LogP contribution is 2.26. The van der Waals surface area contributed by atoms with Crippen molar-refractivity contribution in [2.45, 2.75) is 18.4 Å². The lowest BCUT2D eigenvalue weighted by Gasteiger charge is -2.24. The van der Waals surface area contributed by atoms with Crippen molar-refractivity contribution in [2.24, 2.45) is 0 Å². The standard InChI is InChI=1S/C23H21Cl2FN2O4S/c1-2-32-20-9-7-19(8-10-20)28(33(30,31)21-11-5-18(26)6-12-21)15-23(29)27-14-16-3-4-17(24)13-22(16)25/h3-13H,2,14-15H2,1H3,(H,27,29). The zero-order valence-electron chi connectivity index (χ0n) is 17.6. The van der Waals surface area contributed by atoms with Crippen molar-refractivity contribution in [3.05, 3.63) is 88.2 Å². The van der Waals surface area contributed by atoms with Crippen molar-refractivity contribution in [1.29, 1.82) is 0 Å². The third-order valence-corrected chi connectivity index (χ3v) is 6.99. The number of hydrogen-bond donors (Lipinski definition) is 1. The molecule has 3 aromatic carbocycles. The smallest absolute Gasteiger partial charge is 0.264 e. The minimum absolute atomic E-state index is 0.0859.